The molecule has 17 heteroatoms. The molecule has 2 amide bonds. The summed E-state index contributed by atoms with van der Waals surface area (Å²) in [5.41, 5.74) is 6.71. The second-order valence-electron chi connectivity index (χ2n) is 7.79. The summed E-state index contributed by atoms with van der Waals surface area (Å²) in [7, 11) is 2.77. The Bertz CT molecular complexity index is 1480. The fourth-order valence-electron chi connectivity index (χ4n) is 4.00. The van der Waals surface area contributed by atoms with E-state index < -0.39 is 29.2 Å². The minimum Gasteiger partial charge on any atom is -0.479 e. The summed E-state index contributed by atoms with van der Waals surface area (Å²) >= 11 is 2.46. The fraction of sp³-hybridized carbons (Fsp3) is 0.300. The lowest BCUT2D eigenvalue weighted by Crippen LogP contribution is -2.71. The standard InChI is InChI=1S/C20H19N9O6S2/c1-34-11-3-4-12-27(8-22-29(12)25-11)5-9-6-36-18-14(17(31)28(18)15(9)19(32)33)24-16(30)13(26-35-2)10-7-37-20(21)23-10/h3-4,7-8,14,18H,5-6H2,1-2H3,(H3-,21,23,24,30,32,33)/p+1/b26-13-/t14?,18-/m1/s1. The number of nitrogens with two attached hydrogens (primary N) is 1. The molecule has 0 aromatic carbocycles. The molecule has 3 aromatic rings. The molecular formula is C20H20N9O6S2+. The molecule has 4 N–H and O–H groups in total. The van der Waals surface area contributed by atoms with Crippen LogP contribution in [0.1, 0.15) is 5.69 Å². The Labute approximate surface area is 216 Å². The third-order valence-electron chi connectivity index (χ3n) is 5.64. The Morgan fingerprint density at radius 1 is 1.38 bits per heavy atom. The van der Waals surface area contributed by atoms with E-state index in [2.05, 4.69) is 25.7 Å². The van der Waals surface area contributed by atoms with E-state index in [-0.39, 0.29) is 28.8 Å². The van der Waals surface area contributed by atoms with Crippen LogP contribution in [0.2, 0.25) is 0 Å². The van der Waals surface area contributed by atoms with Gasteiger partial charge in [0.25, 0.3) is 23.8 Å². The number of nitrogens with zero attached hydrogens (tertiary/aromatic N) is 7. The molecule has 2 aliphatic rings. The highest BCUT2D eigenvalue weighted by molar-refractivity contribution is 8.00. The number of aromatic nitrogens is 5. The van der Waals surface area contributed by atoms with Crippen LogP contribution in [0.4, 0.5) is 5.13 Å². The summed E-state index contributed by atoms with van der Waals surface area (Å²) in [5, 5.41) is 25.9. The van der Waals surface area contributed by atoms with Crippen LogP contribution in [-0.2, 0) is 25.8 Å². The number of thioether (sulfide) groups is 1. The lowest BCUT2D eigenvalue weighted by molar-refractivity contribution is -0.664. The number of amides is 2. The first-order valence-electron chi connectivity index (χ1n) is 10.6. The second-order valence-corrected chi connectivity index (χ2v) is 9.79. The number of methoxy groups -OCH3 is 1. The summed E-state index contributed by atoms with van der Waals surface area (Å²) in [4.78, 5) is 48.1. The van der Waals surface area contributed by atoms with Gasteiger partial charge in [0.1, 0.15) is 29.9 Å². The number of thiazole rings is 1. The van der Waals surface area contributed by atoms with Crippen LogP contribution in [0, 0.1) is 0 Å². The zero-order valence-corrected chi connectivity index (χ0v) is 21.0. The van der Waals surface area contributed by atoms with Gasteiger partial charge in [-0.25, -0.2) is 14.3 Å². The van der Waals surface area contributed by atoms with E-state index in [1.54, 1.807) is 16.7 Å². The quantitative estimate of drug-likeness (QED) is 0.134. The molecule has 2 aliphatic heterocycles. The van der Waals surface area contributed by atoms with Gasteiger partial charge < -0.3 is 25.7 Å². The number of anilines is 1. The largest absolute Gasteiger partial charge is 0.479 e. The summed E-state index contributed by atoms with van der Waals surface area (Å²) in [6, 6.07) is 2.46. The summed E-state index contributed by atoms with van der Waals surface area (Å²) in [6.45, 7) is 0.176. The molecular weight excluding hydrogens is 526 g/mol. The maximum absolute atomic E-state index is 13.0. The van der Waals surface area contributed by atoms with E-state index in [9.17, 15) is 19.5 Å². The van der Waals surface area contributed by atoms with Gasteiger partial charge in [-0.3, -0.25) is 14.5 Å². The molecule has 0 bridgehead atoms. The maximum atomic E-state index is 13.0. The zero-order valence-electron chi connectivity index (χ0n) is 19.4. The Hall–Kier alpha value is -4.25. The van der Waals surface area contributed by atoms with Gasteiger partial charge in [-0.2, -0.15) is 0 Å². The van der Waals surface area contributed by atoms with Crippen molar-refractivity contribution in [2.45, 2.75) is 18.0 Å². The van der Waals surface area contributed by atoms with Gasteiger partial charge in [-0.15, -0.1) is 23.1 Å². The van der Waals surface area contributed by atoms with Crippen LogP contribution in [0.5, 0.6) is 5.88 Å². The number of carbonyl (C=O) groups excluding carboxylic acids is 2. The molecule has 5 rings (SSSR count). The fourth-order valence-corrected chi connectivity index (χ4v) is 5.88. The average Bonchev–Trinajstić information content (AvgIpc) is 3.50. The van der Waals surface area contributed by atoms with Crippen molar-refractivity contribution >= 4 is 57.4 Å². The molecule has 192 valence electrons. The molecule has 0 aliphatic carbocycles. The van der Waals surface area contributed by atoms with E-state index in [0.29, 0.717) is 22.9 Å². The van der Waals surface area contributed by atoms with E-state index >= 15 is 0 Å². The topological polar surface area (TPSA) is 191 Å². The Kier molecular flexibility index (Phi) is 6.38. The van der Waals surface area contributed by atoms with Gasteiger partial charge in [0.15, 0.2) is 10.8 Å². The number of oxime groups is 1. The molecule has 1 saturated heterocycles. The SMILES string of the molecule is CO/N=C(\C(=O)NC1C(=O)N2C(C(=O)O)=C(C[n+]3cnn4nc(OC)ccc43)CS[C@H]12)c1csc(N)n1. The number of rotatable bonds is 8. The van der Waals surface area contributed by atoms with Crippen molar-refractivity contribution in [3.63, 3.8) is 0 Å². The lowest BCUT2D eigenvalue weighted by Gasteiger charge is -2.49. The van der Waals surface area contributed by atoms with Crippen LogP contribution >= 0.6 is 23.1 Å². The highest BCUT2D eigenvalue weighted by atomic mass is 32.2. The smallest absolute Gasteiger partial charge is 0.352 e. The normalized spacial score (nSPS) is 19.5. The predicted molar refractivity (Wildman–Crippen MR) is 129 cm³/mol. The third kappa shape index (κ3) is 4.31. The molecule has 0 spiro atoms. The molecule has 5 heterocycles. The van der Waals surface area contributed by atoms with Crippen LogP contribution < -0.4 is 20.4 Å². The number of ether oxygens (including phenoxy) is 1. The lowest BCUT2D eigenvalue weighted by atomic mass is 10.0. The molecule has 3 aromatic heterocycles. The van der Waals surface area contributed by atoms with Crippen molar-refractivity contribution < 1.29 is 33.6 Å². The Morgan fingerprint density at radius 2 is 2.19 bits per heavy atom. The van der Waals surface area contributed by atoms with Gasteiger partial charge in [-0.05, 0) is 5.10 Å². The molecule has 37 heavy (non-hydrogen) atoms. The summed E-state index contributed by atoms with van der Waals surface area (Å²) in [6.07, 6.45) is 1.52. The predicted octanol–water partition coefficient (Wildman–Crippen LogP) is -1.15. The minimum atomic E-state index is -1.24. The summed E-state index contributed by atoms with van der Waals surface area (Å²) < 4.78 is 8.19. The van der Waals surface area contributed by atoms with Crippen LogP contribution in [0.25, 0.3) is 5.65 Å². The number of carbonyl (C=O) groups is 3. The number of carboxylic acids is 1. The van der Waals surface area contributed by atoms with Gasteiger partial charge in [0.2, 0.25) is 5.88 Å². The number of hydrogen-bond donors (Lipinski definition) is 3. The number of hydrogen-bond acceptors (Lipinski definition) is 12. The maximum Gasteiger partial charge on any atom is 0.352 e. The van der Waals surface area contributed by atoms with E-state index in [1.165, 1.54) is 47.2 Å². The summed E-state index contributed by atoms with van der Waals surface area (Å²) in [5.74, 6) is -1.79. The van der Waals surface area contributed by atoms with E-state index in [0.717, 1.165) is 11.3 Å². The first-order valence-corrected chi connectivity index (χ1v) is 12.6. The average molecular weight is 547 g/mol. The number of fused-ring (bicyclic) bond motifs is 2. The number of carboxylic acid groups (broad SMARTS) is 1. The monoisotopic (exact) mass is 546 g/mol. The van der Waals surface area contributed by atoms with Crippen molar-refractivity contribution in [1.29, 1.82) is 0 Å². The van der Waals surface area contributed by atoms with Gasteiger partial charge in [0.05, 0.1) is 18.8 Å². The first-order chi connectivity index (χ1) is 17.8. The van der Waals surface area contributed by atoms with Crippen molar-refractivity contribution in [3.05, 3.63) is 40.8 Å². The van der Waals surface area contributed by atoms with Crippen molar-refractivity contribution in [2.24, 2.45) is 5.16 Å². The minimum absolute atomic E-state index is 0.120. The Balaban J connectivity index is 1.37. The Morgan fingerprint density at radius 3 is 2.86 bits per heavy atom. The molecule has 15 nitrogen and oxygen atoms in total. The van der Waals surface area contributed by atoms with Crippen LogP contribution in [0.3, 0.4) is 0 Å². The van der Waals surface area contributed by atoms with Crippen molar-refractivity contribution in [2.75, 3.05) is 25.7 Å². The molecule has 1 fully saturated rings. The number of nitrogen functional groups attached to an aromatic ring is 1. The highest BCUT2D eigenvalue weighted by Gasteiger charge is 2.54. The number of β-lactam (4-membered cyclic amide) rings is 1. The van der Waals surface area contributed by atoms with E-state index in [1.807, 2.05) is 0 Å². The van der Waals surface area contributed by atoms with Crippen LogP contribution in [0.15, 0.2) is 40.3 Å². The van der Waals surface area contributed by atoms with Gasteiger partial charge in [-0.1, -0.05) is 5.16 Å². The molecule has 2 atom stereocenters. The van der Waals surface area contributed by atoms with Crippen molar-refractivity contribution in [3.8, 4) is 5.88 Å². The van der Waals surface area contributed by atoms with Gasteiger partial charge in [0, 0.05) is 33.5 Å². The first kappa shape index (κ1) is 24.4. The zero-order chi connectivity index (χ0) is 26.3. The van der Waals surface area contributed by atoms with Crippen LogP contribution in [-0.4, -0.2) is 84.7 Å². The highest BCUT2D eigenvalue weighted by Crippen LogP contribution is 2.40. The number of nitrogens with one attached hydrogen (secondary N) is 1. The molecule has 0 radical (unpaired) electrons. The van der Waals surface area contributed by atoms with E-state index in [4.69, 9.17) is 15.3 Å². The molecule has 0 saturated carbocycles. The second kappa shape index (κ2) is 9.66. The van der Waals surface area contributed by atoms with Crippen molar-refractivity contribution in [1.82, 2.24) is 30.0 Å². The molecule has 1 unspecified atom stereocenters. The number of aliphatic carboxylic acids is 1. The third-order valence-corrected chi connectivity index (χ3v) is 7.65. The van der Waals surface area contributed by atoms with Gasteiger partial charge >= 0.3 is 5.97 Å².